The minimum absolute atomic E-state index is 0.118. The van der Waals surface area contributed by atoms with Crippen LogP contribution < -0.4 is 15.8 Å². The second kappa shape index (κ2) is 7.11. The number of thiocarbonyl (C=S) groups is 1. The van der Waals surface area contributed by atoms with E-state index in [9.17, 15) is 18.0 Å². The van der Waals surface area contributed by atoms with Gasteiger partial charge in [0.15, 0.2) is 0 Å². The van der Waals surface area contributed by atoms with E-state index in [2.05, 4.69) is 10.1 Å². The highest BCUT2D eigenvalue weighted by atomic mass is 32.1. The van der Waals surface area contributed by atoms with E-state index in [1.54, 1.807) is 6.92 Å². The van der Waals surface area contributed by atoms with Gasteiger partial charge in [-0.25, -0.2) is 4.79 Å². The van der Waals surface area contributed by atoms with Gasteiger partial charge in [-0.15, -0.1) is 13.2 Å². The molecule has 2 amide bonds. The molecule has 0 saturated carbocycles. The van der Waals surface area contributed by atoms with Crippen molar-refractivity contribution in [2.45, 2.75) is 13.3 Å². The molecule has 1 rings (SSSR count). The highest BCUT2D eigenvalue weighted by Gasteiger charge is 2.30. The van der Waals surface area contributed by atoms with Crippen LogP contribution in [0.2, 0.25) is 0 Å². The van der Waals surface area contributed by atoms with Crippen LogP contribution in [0, 0.1) is 0 Å². The number of nitrogens with one attached hydrogen (secondary N) is 1. The lowest BCUT2D eigenvalue weighted by Gasteiger charge is -2.20. The van der Waals surface area contributed by atoms with E-state index in [0.717, 1.165) is 12.1 Å². The second-order valence-corrected chi connectivity index (χ2v) is 4.51. The maximum Gasteiger partial charge on any atom is 0.573 e. The summed E-state index contributed by atoms with van der Waals surface area (Å²) < 4.78 is 39.7. The number of benzene rings is 1. The molecule has 0 heterocycles. The molecule has 5 nitrogen and oxygen atoms in total. The van der Waals surface area contributed by atoms with Crippen LogP contribution in [0.15, 0.2) is 24.3 Å². The van der Waals surface area contributed by atoms with Gasteiger partial charge in [-0.05, 0) is 31.2 Å². The predicted molar refractivity (Wildman–Crippen MR) is 76.2 cm³/mol. The Morgan fingerprint density at radius 2 is 1.95 bits per heavy atom. The van der Waals surface area contributed by atoms with Crippen molar-refractivity contribution in [2.75, 3.05) is 18.4 Å². The summed E-state index contributed by atoms with van der Waals surface area (Å²) in [5, 5.41) is 2.52. The monoisotopic (exact) mass is 321 g/mol. The molecule has 0 atom stereocenters. The van der Waals surface area contributed by atoms with Crippen molar-refractivity contribution in [1.82, 2.24) is 4.90 Å². The van der Waals surface area contributed by atoms with Crippen LogP contribution in [-0.2, 0) is 0 Å². The smallest absolute Gasteiger partial charge is 0.406 e. The molecule has 3 N–H and O–H groups in total. The second-order valence-electron chi connectivity index (χ2n) is 3.98. The molecule has 1 aromatic rings. The van der Waals surface area contributed by atoms with Gasteiger partial charge in [0.25, 0.3) is 0 Å². The number of nitrogens with zero attached hydrogens (tertiary/aromatic N) is 1. The SMILES string of the molecule is CCN(CC(N)=S)C(=O)Nc1ccc(OC(F)(F)F)cc1. The number of halogens is 3. The summed E-state index contributed by atoms with van der Waals surface area (Å²) in [5.41, 5.74) is 5.69. The molecule has 0 aromatic heterocycles. The maximum absolute atomic E-state index is 12.0. The van der Waals surface area contributed by atoms with Crippen LogP contribution in [0.1, 0.15) is 6.92 Å². The first-order chi connectivity index (χ1) is 9.71. The Bertz CT molecular complexity index is 505. The van der Waals surface area contributed by atoms with Crippen LogP contribution in [0.4, 0.5) is 23.7 Å². The fraction of sp³-hybridized carbons (Fsp3) is 0.333. The van der Waals surface area contributed by atoms with Crippen LogP contribution >= 0.6 is 12.2 Å². The van der Waals surface area contributed by atoms with Crippen molar-refractivity contribution in [3.05, 3.63) is 24.3 Å². The highest BCUT2D eigenvalue weighted by Crippen LogP contribution is 2.24. The fourth-order valence-corrected chi connectivity index (χ4v) is 1.61. The van der Waals surface area contributed by atoms with Crippen molar-refractivity contribution < 1.29 is 22.7 Å². The number of carbonyl (C=O) groups is 1. The van der Waals surface area contributed by atoms with Gasteiger partial charge in [-0.1, -0.05) is 12.2 Å². The third-order valence-corrected chi connectivity index (χ3v) is 2.48. The summed E-state index contributed by atoms with van der Waals surface area (Å²) in [5.74, 6) is -0.365. The Morgan fingerprint density at radius 1 is 1.38 bits per heavy atom. The zero-order valence-electron chi connectivity index (χ0n) is 11.1. The largest absolute Gasteiger partial charge is 0.573 e. The molecule has 0 aliphatic heterocycles. The number of nitrogens with two attached hydrogens (primary N) is 1. The molecule has 9 heteroatoms. The Morgan fingerprint density at radius 3 is 2.38 bits per heavy atom. The minimum Gasteiger partial charge on any atom is -0.406 e. The summed E-state index contributed by atoms with van der Waals surface area (Å²) in [7, 11) is 0. The summed E-state index contributed by atoms with van der Waals surface area (Å²) >= 11 is 4.72. The molecule has 1 aromatic carbocycles. The maximum atomic E-state index is 12.0. The first-order valence-corrected chi connectivity index (χ1v) is 6.32. The van der Waals surface area contributed by atoms with Gasteiger partial charge in [0, 0.05) is 12.2 Å². The van der Waals surface area contributed by atoms with E-state index in [1.807, 2.05) is 0 Å². The van der Waals surface area contributed by atoms with Crippen molar-refractivity contribution >= 4 is 28.9 Å². The molecule has 21 heavy (non-hydrogen) atoms. The molecule has 0 unspecified atom stereocenters. The lowest BCUT2D eigenvalue weighted by molar-refractivity contribution is -0.274. The Kier molecular flexibility index (Phi) is 5.77. The third-order valence-electron chi connectivity index (χ3n) is 2.35. The number of hydrogen-bond acceptors (Lipinski definition) is 3. The number of alkyl halides is 3. The van der Waals surface area contributed by atoms with E-state index in [-0.39, 0.29) is 17.3 Å². The van der Waals surface area contributed by atoms with Gasteiger partial charge < -0.3 is 20.7 Å². The number of ether oxygens (including phenoxy) is 1. The summed E-state index contributed by atoms with van der Waals surface area (Å²) in [6.07, 6.45) is -4.75. The first kappa shape index (κ1) is 17.0. The summed E-state index contributed by atoms with van der Waals surface area (Å²) in [6, 6.07) is 4.36. The highest BCUT2D eigenvalue weighted by molar-refractivity contribution is 7.80. The molecule has 0 aliphatic carbocycles. The first-order valence-electron chi connectivity index (χ1n) is 5.91. The topological polar surface area (TPSA) is 67.6 Å². The van der Waals surface area contributed by atoms with E-state index >= 15 is 0 Å². The quantitative estimate of drug-likeness (QED) is 0.818. The van der Waals surface area contributed by atoms with E-state index < -0.39 is 12.4 Å². The van der Waals surface area contributed by atoms with Crippen molar-refractivity contribution in [3.8, 4) is 5.75 Å². The molecule has 0 fully saturated rings. The average Bonchev–Trinajstić information content (AvgIpc) is 2.36. The number of likely N-dealkylation sites (N-methyl/N-ethyl adjacent to an activating group) is 1. The van der Waals surface area contributed by atoms with Gasteiger partial charge in [-0.2, -0.15) is 0 Å². The Balaban J connectivity index is 2.66. The number of rotatable bonds is 5. The molecule has 0 saturated heterocycles. The molecular formula is C12H14F3N3O2S. The number of carbonyl (C=O) groups excluding carboxylic acids is 1. The molecular weight excluding hydrogens is 307 g/mol. The number of anilines is 1. The Labute approximate surface area is 124 Å². The molecule has 0 bridgehead atoms. The average molecular weight is 321 g/mol. The van der Waals surface area contributed by atoms with Crippen molar-refractivity contribution in [3.63, 3.8) is 0 Å². The predicted octanol–water partition coefficient (Wildman–Crippen LogP) is 2.73. The lowest BCUT2D eigenvalue weighted by atomic mass is 10.3. The molecule has 0 spiro atoms. The van der Waals surface area contributed by atoms with E-state index in [1.165, 1.54) is 17.0 Å². The zero-order chi connectivity index (χ0) is 16.0. The van der Waals surface area contributed by atoms with E-state index in [0.29, 0.717) is 12.2 Å². The van der Waals surface area contributed by atoms with Gasteiger partial charge in [0.05, 0.1) is 11.5 Å². The molecule has 0 radical (unpaired) electrons. The standard InChI is InChI=1S/C12H14F3N3O2S/c1-2-18(7-10(16)21)11(19)17-8-3-5-9(6-4-8)20-12(13,14)15/h3-6H,2,7H2,1H3,(H2,16,21)(H,17,19). The van der Waals surface area contributed by atoms with Crippen LogP contribution in [-0.4, -0.2) is 35.4 Å². The van der Waals surface area contributed by atoms with Crippen molar-refractivity contribution in [2.24, 2.45) is 5.73 Å². The number of amides is 2. The van der Waals surface area contributed by atoms with Crippen LogP contribution in [0.5, 0.6) is 5.75 Å². The van der Waals surface area contributed by atoms with Gasteiger partial charge in [0.1, 0.15) is 5.75 Å². The Hall–Kier alpha value is -2.03. The summed E-state index contributed by atoms with van der Waals surface area (Å²) in [4.78, 5) is 13.4. The normalized spacial score (nSPS) is 10.9. The van der Waals surface area contributed by atoms with Crippen LogP contribution in [0.25, 0.3) is 0 Å². The zero-order valence-corrected chi connectivity index (χ0v) is 11.9. The number of urea groups is 1. The fourth-order valence-electron chi connectivity index (χ4n) is 1.46. The third kappa shape index (κ3) is 6.30. The van der Waals surface area contributed by atoms with Crippen molar-refractivity contribution in [1.29, 1.82) is 0 Å². The summed E-state index contributed by atoms with van der Waals surface area (Å²) in [6.45, 7) is 2.25. The van der Waals surface area contributed by atoms with Gasteiger partial charge in [0.2, 0.25) is 0 Å². The van der Waals surface area contributed by atoms with Crippen LogP contribution in [0.3, 0.4) is 0 Å². The lowest BCUT2D eigenvalue weighted by Crippen LogP contribution is -2.40. The number of hydrogen-bond donors (Lipinski definition) is 2. The molecule has 116 valence electrons. The minimum atomic E-state index is -4.75. The van der Waals surface area contributed by atoms with Gasteiger partial charge >= 0.3 is 12.4 Å². The van der Waals surface area contributed by atoms with Gasteiger partial charge in [-0.3, -0.25) is 0 Å². The molecule has 0 aliphatic rings. The van der Waals surface area contributed by atoms with E-state index in [4.69, 9.17) is 18.0 Å².